The van der Waals surface area contributed by atoms with Crippen LogP contribution in [-0.4, -0.2) is 47.5 Å². The molecule has 1 aliphatic heterocycles. The van der Waals surface area contributed by atoms with Gasteiger partial charge in [-0.15, -0.1) is 11.8 Å². The molecule has 1 atom stereocenters. The summed E-state index contributed by atoms with van der Waals surface area (Å²) in [6.07, 6.45) is 0.815. The fourth-order valence-electron chi connectivity index (χ4n) is 4.82. The lowest BCUT2D eigenvalue weighted by Gasteiger charge is -2.25. The summed E-state index contributed by atoms with van der Waals surface area (Å²) in [6.45, 7) is 13.2. The standard InChI is InChI=1S/C31H40N4O3S/c1-8-21-11-9-10-12-24(21)35-30-27(29(33-35)31(4,5)6)28(22-13-15-23(38-7)16-14-22)39-19-26(37)34(30)18-25(36)32-17-20(2)3/h9-16,20,28H,8,17-19H2,1-7H3,(H,32,36)/t28-/m0/s1. The van der Waals surface area contributed by atoms with E-state index in [1.54, 1.807) is 23.8 Å². The molecule has 2 heterocycles. The number of rotatable bonds is 8. The number of benzene rings is 2. The van der Waals surface area contributed by atoms with Crippen molar-refractivity contribution in [3.8, 4) is 11.4 Å². The van der Waals surface area contributed by atoms with Crippen molar-refractivity contribution in [3.05, 3.63) is 70.9 Å². The van der Waals surface area contributed by atoms with E-state index in [-0.39, 0.29) is 34.8 Å². The third-order valence-corrected chi connectivity index (χ3v) is 8.08. The Labute approximate surface area is 236 Å². The molecule has 0 unspecified atom stereocenters. The number of ether oxygens (including phenoxy) is 1. The maximum absolute atomic E-state index is 13.8. The molecule has 0 spiro atoms. The molecular formula is C31H40N4O3S. The fourth-order valence-corrected chi connectivity index (χ4v) is 6.02. The van der Waals surface area contributed by atoms with Crippen LogP contribution in [-0.2, 0) is 21.4 Å². The molecule has 1 N–H and O–H groups in total. The molecule has 0 bridgehead atoms. The number of fused-ring (bicyclic) bond motifs is 1. The first kappa shape index (κ1) is 28.7. The normalized spacial score (nSPS) is 15.7. The van der Waals surface area contributed by atoms with Crippen LogP contribution in [0.2, 0.25) is 0 Å². The summed E-state index contributed by atoms with van der Waals surface area (Å²) in [6, 6.07) is 16.2. The number of carbonyl (C=O) groups excluding carboxylic acids is 2. The first-order valence-electron chi connectivity index (χ1n) is 13.6. The van der Waals surface area contributed by atoms with Crippen LogP contribution in [0.4, 0.5) is 5.82 Å². The molecule has 0 radical (unpaired) electrons. The van der Waals surface area contributed by atoms with Crippen molar-refractivity contribution >= 4 is 29.4 Å². The summed E-state index contributed by atoms with van der Waals surface area (Å²) in [4.78, 5) is 28.6. The van der Waals surface area contributed by atoms with E-state index in [1.807, 2.05) is 35.0 Å². The van der Waals surface area contributed by atoms with E-state index in [1.165, 1.54) is 0 Å². The predicted octanol–water partition coefficient (Wildman–Crippen LogP) is 5.68. The van der Waals surface area contributed by atoms with Crippen LogP contribution in [0, 0.1) is 5.92 Å². The minimum Gasteiger partial charge on any atom is -0.497 e. The van der Waals surface area contributed by atoms with Crippen molar-refractivity contribution in [2.45, 2.75) is 58.6 Å². The van der Waals surface area contributed by atoms with Gasteiger partial charge in [0, 0.05) is 17.5 Å². The van der Waals surface area contributed by atoms with Crippen molar-refractivity contribution in [2.75, 3.05) is 30.9 Å². The van der Waals surface area contributed by atoms with Gasteiger partial charge in [0.2, 0.25) is 11.8 Å². The van der Waals surface area contributed by atoms with Crippen LogP contribution >= 0.6 is 11.8 Å². The van der Waals surface area contributed by atoms with Gasteiger partial charge in [0.15, 0.2) is 0 Å². The third kappa shape index (κ3) is 6.16. The van der Waals surface area contributed by atoms with Crippen LogP contribution in [0.5, 0.6) is 5.75 Å². The molecular weight excluding hydrogens is 508 g/mol. The monoisotopic (exact) mass is 548 g/mol. The molecule has 3 aromatic rings. The Morgan fingerprint density at radius 3 is 2.46 bits per heavy atom. The molecule has 0 fully saturated rings. The second-order valence-corrected chi connectivity index (χ2v) is 12.5. The van der Waals surface area contributed by atoms with Crippen LogP contribution in [0.1, 0.15) is 69.2 Å². The minimum atomic E-state index is -0.305. The van der Waals surface area contributed by atoms with E-state index in [2.05, 4.69) is 65.1 Å². The zero-order valence-corrected chi connectivity index (χ0v) is 24.9. The van der Waals surface area contributed by atoms with Crippen molar-refractivity contribution < 1.29 is 14.3 Å². The van der Waals surface area contributed by atoms with E-state index < -0.39 is 0 Å². The Hall–Kier alpha value is -3.26. The smallest absolute Gasteiger partial charge is 0.240 e. The number of nitrogens with zero attached hydrogens (tertiary/aromatic N) is 3. The van der Waals surface area contributed by atoms with Gasteiger partial charge in [-0.05, 0) is 41.7 Å². The molecule has 8 heteroatoms. The van der Waals surface area contributed by atoms with E-state index >= 15 is 0 Å². The van der Waals surface area contributed by atoms with Gasteiger partial charge in [0.25, 0.3) is 0 Å². The van der Waals surface area contributed by atoms with Crippen molar-refractivity contribution in [2.24, 2.45) is 5.92 Å². The lowest BCUT2D eigenvalue weighted by Crippen LogP contribution is -2.43. The average Bonchev–Trinajstić information content (AvgIpc) is 3.25. The van der Waals surface area contributed by atoms with Gasteiger partial charge in [0.05, 0.1) is 29.5 Å². The van der Waals surface area contributed by atoms with Gasteiger partial charge >= 0.3 is 0 Å². The zero-order chi connectivity index (χ0) is 28.3. The Balaban J connectivity index is 1.98. The Kier molecular flexibility index (Phi) is 8.74. The maximum Gasteiger partial charge on any atom is 0.240 e. The number of para-hydroxylation sites is 1. The summed E-state index contributed by atoms with van der Waals surface area (Å²) in [5.74, 6) is 1.74. The number of aromatic nitrogens is 2. The first-order chi connectivity index (χ1) is 18.5. The Morgan fingerprint density at radius 1 is 1.15 bits per heavy atom. The highest BCUT2D eigenvalue weighted by Gasteiger charge is 2.40. The Morgan fingerprint density at radius 2 is 1.85 bits per heavy atom. The van der Waals surface area contributed by atoms with E-state index in [0.29, 0.717) is 18.3 Å². The van der Waals surface area contributed by atoms with Gasteiger partial charge < -0.3 is 10.1 Å². The highest BCUT2D eigenvalue weighted by atomic mass is 32.2. The zero-order valence-electron chi connectivity index (χ0n) is 24.1. The predicted molar refractivity (Wildman–Crippen MR) is 159 cm³/mol. The van der Waals surface area contributed by atoms with E-state index in [0.717, 1.165) is 40.2 Å². The average molecular weight is 549 g/mol. The van der Waals surface area contributed by atoms with Crippen molar-refractivity contribution in [1.29, 1.82) is 0 Å². The maximum atomic E-state index is 13.8. The molecule has 2 amide bonds. The van der Waals surface area contributed by atoms with Gasteiger partial charge in [0.1, 0.15) is 18.1 Å². The van der Waals surface area contributed by atoms with Crippen LogP contribution in [0.15, 0.2) is 48.5 Å². The number of aryl methyl sites for hydroxylation is 1. The molecule has 2 aromatic carbocycles. The van der Waals surface area contributed by atoms with Crippen molar-refractivity contribution in [1.82, 2.24) is 15.1 Å². The van der Waals surface area contributed by atoms with Crippen LogP contribution < -0.4 is 15.0 Å². The second kappa shape index (κ2) is 11.9. The number of nitrogens with one attached hydrogen (secondary N) is 1. The first-order valence-corrected chi connectivity index (χ1v) is 14.6. The summed E-state index contributed by atoms with van der Waals surface area (Å²) in [7, 11) is 1.65. The summed E-state index contributed by atoms with van der Waals surface area (Å²) >= 11 is 1.58. The number of amides is 2. The molecule has 0 aliphatic carbocycles. The largest absolute Gasteiger partial charge is 0.497 e. The van der Waals surface area contributed by atoms with Gasteiger partial charge in [-0.2, -0.15) is 5.10 Å². The summed E-state index contributed by atoms with van der Waals surface area (Å²) in [5, 5.41) is 8.06. The van der Waals surface area contributed by atoms with Crippen LogP contribution in [0.3, 0.4) is 0 Å². The number of carbonyl (C=O) groups is 2. The highest BCUT2D eigenvalue weighted by molar-refractivity contribution is 8.00. The molecule has 1 aliphatic rings. The lowest BCUT2D eigenvalue weighted by atomic mass is 9.87. The molecule has 208 valence electrons. The number of hydrogen-bond donors (Lipinski definition) is 1. The molecule has 0 saturated heterocycles. The Bertz CT molecular complexity index is 1320. The lowest BCUT2D eigenvalue weighted by molar-refractivity contribution is -0.123. The van der Waals surface area contributed by atoms with E-state index in [4.69, 9.17) is 9.84 Å². The number of anilines is 1. The van der Waals surface area contributed by atoms with Crippen LogP contribution in [0.25, 0.3) is 5.69 Å². The summed E-state index contributed by atoms with van der Waals surface area (Å²) < 4.78 is 7.31. The van der Waals surface area contributed by atoms with Gasteiger partial charge in [-0.3, -0.25) is 14.5 Å². The molecule has 0 saturated carbocycles. The van der Waals surface area contributed by atoms with Gasteiger partial charge in [-0.25, -0.2) is 4.68 Å². The summed E-state index contributed by atoms with van der Waals surface area (Å²) in [5.41, 5.74) is 4.70. The fraction of sp³-hybridized carbons (Fsp3) is 0.452. The topological polar surface area (TPSA) is 76.5 Å². The van der Waals surface area contributed by atoms with Gasteiger partial charge in [-0.1, -0.05) is 71.9 Å². The van der Waals surface area contributed by atoms with Crippen molar-refractivity contribution in [3.63, 3.8) is 0 Å². The quantitative estimate of drug-likeness (QED) is 0.392. The minimum absolute atomic E-state index is 0.0575. The van der Waals surface area contributed by atoms with E-state index in [9.17, 15) is 9.59 Å². The molecule has 1 aromatic heterocycles. The molecule has 39 heavy (non-hydrogen) atoms. The highest BCUT2D eigenvalue weighted by Crippen LogP contribution is 2.48. The number of methoxy groups -OCH3 is 1. The second-order valence-electron chi connectivity index (χ2n) is 11.4. The molecule has 7 nitrogen and oxygen atoms in total. The number of hydrogen-bond acceptors (Lipinski definition) is 5. The number of thioether (sulfide) groups is 1. The third-order valence-electron chi connectivity index (χ3n) is 6.83. The SMILES string of the molecule is CCc1ccccc1-n1nc(C(C)(C)C)c2c1N(CC(=O)NCC(C)C)C(=O)CS[C@H]2c1ccc(OC)cc1. The molecule has 4 rings (SSSR count).